The van der Waals surface area contributed by atoms with E-state index in [-0.39, 0.29) is 12.3 Å². The Morgan fingerprint density at radius 3 is 2.40 bits per heavy atom. The number of hydrogen-bond donors (Lipinski definition) is 2. The van der Waals surface area contributed by atoms with Crippen LogP contribution in [0.3, 0.4) is 0 Å². The Hall–Kier alpha value is -2.24. The standard InChI is InChI=1S/C14H17NO5/c1-19-10-4-3-9(7-11(10)20-2)8-12(16)15-14(5-6-14)13(17)18/h3-4,7H,5-6,8H2,1-2H3,(H,15,16)(H,17,18). The van der Waals surface area contributed by atoms with Crippen LogP contribution >= 0.6 is 0 Å². The number of nitrogens with one attached hydrogen (secondary N) is 1. The maximum Gasteiger partial charge on any atom is 0.329 e. The van der Waals surface area contributed by atoms with E-state index in [0.717, 1.165) is 5.56 Å². The molecule has 0 spiro atoms. The van der Waals surface area contributed by atoms with Crippen LogP contribution in [0.4, 0.5) is 0 Å². The first kappa shape index (κ1) is 14.2. The topological polar surface area (TPSA) is 84.9 Å². The first-order valence-electron chi connectivity index (χ1n) is 6.26. The second-order valence-corrected chi connectivity index (χ2v) is 4.80. The zero-order chi connectivity index (χ0) is 14.8. The van der Waals surface area contributed by atoms with Crippen LogP contribution in [0.25, 0.3) is 0 Å². The summed E-state index contributed by atoms with van der Waals surface area (Å²) in [5.74, 6) is -0.159. The predicted octanol–water partition coefficient (Wildman–Crippen LogP) is 0.980. The van der Waals surface area contributed by atoms with E-state index < -0.39 is 11.5 Å². The number of carboxylic acid groups (broad SMARTS) is 1. The van der Waals surface area contributed by atoms with Gasteiger partial charge in [0.2, 0.25) is 5.91 Å². The quantitative estimate of drug-likeness (QED) is 0.811. The number of carboxylic acids is 1. The SMILES string of the molecule is COc1ccc(CC(=O)NC2(C(=O)O)CC2)cc1OC. The van der Waals surface area contributed by atoms with Gasteiger partial charge in [-0.25, -0.2) is 4.79 Å². The van der Waals surface area contributed by atoms with Crippen molar-refractivity contribution in [3.8, 4) is 11.5 Å². The Kier molecular flexibility index (Phi) is 3.83. The summed E-state index contributed by atoms with van der Waals surface area (Å²) in [6.45, 7) is 0. The highest BCUT2D eigenvalue weighted by Crippen LogP contribution is 2.35. The van der Waals surface area contributed by atoms with Gasteiger partial charge in [0.05, 0.1) is 20.6 Å². The molecule has 0 saturated heterocycles. The molecule has 0 aliphatic heterocycles. The van der Waals surface area contributed by atoms with E-state index in [9.17, 15) is 9.59 Å². The third kappa shape index (κ3) is 2.84. The first-order valence-corrected chi connectivity index (χ1v) is 6.26. The summed E-state index contributed by atoms with van der Waals surface area (Å²) in [4.78, 5) is 22.9. The monoisotopic (exact) mass is 279 g/mol. The third-order valence-corrected chi connectivity index (χ3v) is 3.35. The van der Waals surface area contributed by atoms with Gasteiger partial charge in [-0.05, 0) is 30.5 Å². The van der Waals surface area contributed by atoms with Crippen LogP contribution in [0.1, 0.15) is 18.4 Å². The molecule has 6 nitrogen and oxygen atoms in total. The normalized spacial score (nSPS) is 15.3. The van der Waals surface area contributed by atoms with Gasteiger partial charge in [-0.3, -0.25) is 4.79 Å². The zero-order valence-electron chi connectivity index (χ0n) is 11.4. The minimum absolute atomic E-state index is 0.107. The Morgan fingerprint density at radius 2 is 1.90 bits per heavy atom. The van der Waals surface area contributed by atoms with Crippen molar-refractivity contribution in [3.63, 3.8) is 0 Å². The number of hydrogen-bond acceptors (Lipinski definition) is 4. The highest BCUT2D eigenvalue weighted by atomic mass is 16.5. The number of ether oxygens (including phenoxy) is 2. The molecule has 0 bridgehead atoms. The second-order valence-electron chi connectivity index (χ2n) is 4.80. The van der Waals surface area contributed by atoms with Crippen LogP contribution < -0.4 is 14.8 Å². The van der Waals surface area contributed by atoms with Gasteiger partial charge in [0.25, 0.3) is 0 Å². The predicted molar refractivity (Wildman–Crippen MR) is 71.0 cm³/mol. The molecular formula is C14H17NO5. The van der Waals surface area contributed by atoms with Crippen molar-refractivity contribution in [3.05, 3.63) is 23.8 Å². The van der Waals surface area contributed by atoms with Crippen molar-refractivity contribution >= 4 is 11.9 Å². The van der Waals surface area contributed by atoms with E-state index in [4.69, 9.17) is 14.6 Å². The van der Waals surface area contributed by atoms with Crippen molar-refractivity contribution in [1.82, 2.24) is 5.32 Å². The Bertz CT molecular complexity index is 536. The number of rotatable bonds is 6. The van der Waals surface area contributed by atoms with Gasteiger partial charge < -0.3 is 19.9 Å². The molecule has 0 atom stereocenters. The molecule has 1 saturated carbocycles. The molecule has 1 amide bonds. The van der Waals surface area contributed by atoms with Crippen molar-refractivity contribution in [2.45, 2.75) is 24.8 Å². The number of methoxy groups -OCH3 is 2. The molecule has 1 aliphatic rings. The van der Waals surface area contributed by atoms with Crippen molar-refractivity contribution in [1.29, 1.82) is 0 Å². The van der Waals surface area contributed by atoms with Gasteiger partial charge in [0.1, 0.15) is 5.54 Å². The van der Waals surface area contributed by atoms with Gasteiger partial charge in [0.15, 0.2) is 11.5 Å². The molecule has 6 heteroatoms. The van der Waals surface area contributed by atoms with Crippen LogP contribution in [0.5, 0.6) is 11.5 Å². The van der Waals surface area contributed by atoms with E-state index in [2.05, 4.69) is 5.32 Å². The van der Waals surface area contributed by atoms with E-state index in [1.165, 1.54) is 14.2 Å². The fraction of sp³-hybridized carbons (Fsp3) is 0.429. The number of carbonyl (C=O) groups is 2. The lowest BCUT2D eigenvalue weighted by Crippen LogP contribution is -2.43. The fourth-order valence-electron chi connectivity index (χ4n) is 2.00. The smallest absolute Gasteiger partial charge is 0.329 e. The fourth-order valence-corrected chi connectivity index (χ4v) is 2.00. The van der Waals surface area contributed by atoms with Gasteiger partial charge in [0, 0.05) is 0 Å². The molecular weight excluding hydrogens is 262 g/mol. The molecule has 1 aromatic carbocycles. The summed E-state index contributed by atoms with van der Waals surface area (Å²) in [6, 6.07) is 5.17. The Balaban J connectivity index is 2.03. The lowest BCUT2D eigenvalue weighted by Gasteiger charge is -2.13. The van der Waals surface area contributed by atoms with Gasteiger partial charge in [-0.15, -0.1) is 0 Å². The molecule has 0 radical (unpaired) electrons. The summed E-state index contributed by atoms with van der Waals surface area (Å²) in [5, 5.41) is 11.6. The largest absolute Gasteiger partial charge is 0.493 e. The highest BCUT2D eigenvalue weighted by Gasteiger charge is 2.51. The molecule has 108 valence electrons. The molecule has 2 rings (SSSR count). The van der Waals surface area contributed by atoms with Crippen LogP contribution in [0.2, 0.25) is 0 Å². The summed E-state index contributed by atoms with van der Waals surface area (Å²) in [7, 11) is 3.05. The summed E-state index contributed by atoms with van der Waals surface area (Å²) >= 11 is 0. The minimum atomic E-state index is -1.05. The van der Waals surface area contributed by atoms with E-state index in [1.54, 1.807) is 18.2 Å². The van der Waals surface area contributed by atoms with E-state index in [1.807, 2.05) is 0 Å². The Morgan fingerprint density at radius 1 is 1.25 bits per heavy atom. The molecule has 1 fully saturated rings. The van der Waals surface area contributed by atoms with Crippen LogP contribution in [-0.4, -0.2) is 36.7 Å². The van der Waals surface area contributed by atoms with E-state index >= 15 is 0 Å². The maximum atomic E-state index is 11.9. The van der Waals surface area contributed by atoms with Gasteiger partial charge in [-0.2, -0.15) is 0 Å². The van der Waals surface area contributed by atoms with Crippen molar-refractivity contribution in [2.75, 3.05) is 14.2 Å². The summed E-state index contributed by atoms with van der Waals surface area (Å²) in [5.41, 5.74) is -0.311. The van der Waals surface area contributed by atoms with Gasteiger partial charge in [-0.1, -0.05) is 6.07 Å². The van der Waals surface area contributed by atoms with E-state index in [0.29, 0.717) is 24.3 Å². The van der Waals surface area contributed by atoms with Crippen molar-refractivity contribution < 1.29 is 24.2 Å². The highest BCUT2D eigenvalue weighted by molar-refractivity contribution is 5.90. The molecule has 0 heterocycles. The summed E-state index contributed by atoms with van der Waals surface area (Å²) in [6.07, 6.45) is 1.08. The van der Waals surface area contributed by atoms with Crippen molar-refractivity contribution in [2.24, 2.45) is 0 Å². The van der Waals surface area contributed by atoms with Crippen LogP contribution in [0.15, 0.2) is 18.2 Å². The average molecular weight is 279 g/mol. The third-order valence-electron chi connectivity index (χ3n) is 3.35. The second kappa shape index (κ2) is 5.40. The lowest BCUT2D eigenvalue weighted by atomic mass is 10.1. The first-order chi connectivity index (χ1) is 9.50. The number of amides is 1. The molecule has 0 unspecified atom stereocenters. The molecule has 1 aliphatic carbocycles. The molecule has 2 N–H and O–H groups in total. The number of aliphatic carboxylic acids is 1. The van der Waals surface area contributed by atoms with Crippen LogP contribution in [-0.2, 0) is 16.0 Å². The van der Waals surface area contributed by atoms with Crippen LogP contribution in [0, 0.1) is 0 Å². The molecule has 0 aromatic heterocycles. The average Bonchev–Trinajstić information content (AvgIpc) is 3.19. The zero-order valence-corrected chi connectivity index (χ0v) is 11.4. The molecule has 1 aromatic rings. The lowest BCUT2D eigenvalue weighted by molar-refractivity contribution is -0.143. The summed E-state index contributed by atoms with van der Waals surface area (Å²) < 4.78 is 10.3. The number of carbonyl (C=O) groups excluding carboxylic acids is 1. The maximum absolute atomic E-state index is 11.9. The Labute approximate surface area is 116 Å². The van der Waals surface area contributed by atoms with Gasteiger partial charge >= 0.3 is 5.97 Å². The number of benzene rings is 1. The molecule has 20 heavy (non-hydrogen) atoms. The minimum Gasteiger partial charge on any atom is -0.493 e.